The molecule has 1 N–H and O–H groups in total. The number of carbonyl (C=O) groups is 1. The summed E-state index contributed by atoms with van der Waals surface area (Å²) in [4.78, 5) is 13.3. The minimum absolute atomic E-state index is 0.174. The number of carbonyl (C=O) groups excluding carboxylic acids is 1. The Bertz CT molecular complexity index is 1120. The summed E-state index contributed by atoms with van der Waals surface area (Å²) in [5.41, 5.74) is 3.28. The SMILES string of the molecule is CCN(CC)S(=O)(=O)c1ccc(C(C)NC(=O)c2ccccc2-c2ccccc2)cc1. The quantitative estimate of drug-likeness (QED) is 0.548. The second-order valence-corrected chi connectivity index (χ2v) is 9.20. The Morgan fingerprint density at radius 1 is 0.871 bits per heavy atom. The van der Waals surface area contributed by atoms with Gasteiger partial charge in [-0.2, -0.15) is 4.31 Å². The molecule has 3 rings (SSSR count). The molecule has 0 aliphatic rings. The van der Waals surface area contributed by atoms with Gasteiger partial charge in [0.25, 0.3) is 5.91 Å². The normalized spacial score (nSPS) is 12.5. The van der Waals surface area contributed by atoms with Crippen LogP contribution in [0.2, 0.25) is 0 Å². The number of hydrogen-bond donors (Lipinski definition) is 1. The Morgan fingerprint density at radius 3 is 2.06 bits per heavy atom. The maximum Gasteiger partial charge on any atom is 0.252 e. The molecule has 31 heavy (non-hydrogen) atoms. The third-order valence-electron chi connectivity index (χ3n) is 5.33. The van der Waals surface area contributed by atoms with E-state index < -0.39 is 10.0 Å². The van der Waals surface area contributed by atoms with Gasteiger partial charge >= 0.3 is 0 Å². The van der Waals surface area contributed by atoms with E-state index >= 15 is 0 Å². The van der Waals surface area contributed by atoms with E-state index in [1.807, 2.05) is 75.4 Å². The van der Waals surface area contributed by atoms with E-state index in [1.165, 1.54) is 4.31 Å². The Labute approximate surface area is 184 Å². The van der Waals surface area contributed by atoms with Crippen molar-refractivity contribution in [3.8, 4) is 11.1 Å². The van der Waals surface area contributed by atoms with Crippen molar-refractivity contribution in [1.29, 1.82) is 0 Å². The molecule has 0 aliphatic carbocycles. The van der Waals surface area contributed by atoms with Crippen LogP contribution in [0.25, 0.3) is 11.1 Å². The van der Waals surface area contributed by atoms with Crippen LogP contribution in [0, 0.1) is 0 Å². The Hall–Kier alpha value is -2.96. The van der Waals surface area contributed by atoms with Crippen LogP contribution in [0.4, 0.5) is 0 Å². The third kappa shape index (κ3) is 5.03. The van der Waals surface area contributed by atoms with E-state index in [0.717, 1.165) is 16.7 Å². The van der Waals surface area contributed by atoms with Gasteiger partial charge in [0.15, 0.2) is 0 Å². The van der Waals surface area contributed by atoms with E-state index in [2.05, 4.69) is 5.32 Å². The minimum atomic E-state index is -3.50. The smallest absolute Gasteiger partial charge is 0.252 e. The van der Waals surface area contributed by atoms with Gasteiger partial charge in [0.1, 0.15) is 0 Å². The number of rotatable bonds is 8. The van der Waals surface area contributed by atoms with Gasteiger partial charge in [-0.1, -0.05) is 74.5 Å². The van der Waals surface area contributed by atoms with Gasteiger partial charge < -0.3 is 5.32 Å². The summed E-state index contributed by atoms with van der Waals surface area (Å²) >= 11 is 0. The highest BCUT2D eigenvalue weighted by atomic mass is 32.2. The van der Waals surface area contributed by atoms with Crippen LogP contribution in [0.5, 0.6) is 0 Å². The van der Waals surface area contributed by atoms with Crippen molar-refractivity contribution >= 4 is 15.9 Å². The first-order valence-electron chi connectivity index (χ1n) is 10.4. The van der Waals surface area contributed by atoms with E-state index in [1.54, 1.807) is 24.3 Å². The van der Waals surface area contributed by atoms with E-state index in [4.69, 9.17) is 0 Å². The lowest BCUT2D eigenvalue weighted by molar-refractivity contribution is 0.0940. The number of benzene rings is 3. The predicted molar refractivity (Wildman–Crippen MR) is 124 cm³/mol. The number of nitrogens with one attached hydrogen (secondary N) is 1. The molecule has 162 valence electrons. The molecule has 0 aliphatic heterocycles. The number of amides is 1. The Morgan fingerprint density at radius 2 is 1.45 bits per heavy atom. The third-order valence-corrected chi connectivity index (χ3v) is 7.39. The Balaban J connectivity index is 1.79. The molecule has 0 saturated carbocycles. The van der Waals surface area contributed by atoms with Crippen molar-refractivity contribution in [3.63, 3.8) is 0 Å². The van der Waals surface area contributed by atoms with E-state index in [0.29, 0.717) is 18.7 Å². The topological polar surface area (TPSA) is 66.5 Å². The molecular formula is C25H28N2O3S. The number of hydrogen-bond acceptors (Lipinski definition) is 3. The molecule has 0 bridgehead atoms. The second kappa shape index (κ2) is 9.90. The van der Waals surface area contributed by atoms with Gasteiger partial charge in [0.05, 0.1) is 10.9 Å². The van der Waals surface area contributed by atoms with Gasteiger partial charge in [0.2, 0.25) is 10.0 Å². The van der Waals surface area contributed by atoms with Gasteiger partial charge in [-0.25, -0.2) is 8.42 Å². The molecule has 3 aromatic rings. The lowest BCUT2D eigenvalue weighted by atomic mass is 9.98. The first-order valence-corrected chi connectivity index (χ1v) is 11.9. The monoisotopic (exact) mass is 436 g/mol. The van der Waals surface area contributed by atoms with Gasteiger partial charge in [-0.3, -0.25) is 4.79 Å². The van der Waals surface area contributed by atoms with Crippen LogP contribution in [0.3, 0.4) is 0 Å². The molecule has 1 unspecified atom stereocenters. The second-order valence-electron chi connectivity index (χ2n) is 7.27. The Kier molecular flexibility index (Phi) is 7.25. The summed E-state index contributed by atoms with van der Waals surface area (Å²) in [6, 6.07) is 23.7. The number of sulfonamides is 1. The zero-order valence-electron chi connectivity index (χ0n) is 18.1. The average Bonchev–Trinajstić information content (AvgIpc) is 2.80. The zero-order chi connectivity index (χ0) is 22.4. The summed E-state index contributed by atoms with van der Waals surface area (Å²) in [6.07, 6.45) is 0. The van der Waals surface area contributed by atoms with Crippen LogP contribution < -0.4 is 5.32 Å². The molecule has 1 atom stereocenters. The molecule has 0 aromatic heterocycles. The van der Waals surface area contributed by atoms with E-state index in [9.17, 15) is 13.2 Å². The summed E-state index contributed by atoms with van der Waals surface area (Å²) in [5, 5.41) is 3.03. The molecule has 0 heterocycles. The predicted octanol–water partition coefficient (Wildman–Crippen LogP) is 4.88. The first-order chi connectivity index (χ1) is 14.9. The van der Waals surface area contributed by atoms with Gasteiger partial charge in [-0.15, -0.1) is 0 Å². The highest BCUT2D eigenvalue weighted by molar-refractivity contribution is 7.89. The van der Waals surface area contributed by atoms with Crippen LogP contribution in [0.15, 0.2) is 83.8 Å². The average molecular weight is 437 g/mol. The molecule has 6 heteroatoms. The molecule has 0 spiro atoms. The fourth-order valence-corrected chi connectivity index (χ4v) is 5.01. The van der Waals surface area contributed by atoms with Crippen molar-refractivity contribution in [2.45, 2.75) is 31.7 Å². The van der Waals surface area contributed by atoms with Crippen LogP contribution >= 0.6 is 0 Å². The maximum absolute atomic E-state index is 13.0. The first kappa shape index (κ1) is 22.7. The zero-order valence-corrected chi connectivity index (χ0v) is 18.9. The largest absolute Gasteiger partial charge is 0.345 e. The molecule has 0 fully saturated rings. The van der Waals surface area contributed by atoms with Crippen molar-refractivity contribution in [2.75, 3.05) is 13.1 Å². The fourth-order valence-electron chi connectivity index (χ4n) is 3.55. The molecule has 3 aromatic carbocycles. The molecular weight excluding hydrogens is 408 g/mol. The highest BCUT2D eigenvalue weighted by Crippen LogP contribution is 2.25. The maximum atomic E-state index is 13.0. The van der Waals surface area contributed by atoms with Crippen molar-refractivity contribution < 1.29 is 13.2 Å². The molecule has 1 amide bonds. The lowest BCUT2D eigenvalue weighted by Gasteiger charge is -2.20. The number of nitrogens with zero attached hydrogens (tertiary/aromatic N) is 1. The van der Waals surface area contributed by atoms with Crippen molar-refractivity contribution in [2.24, 2.45) is 0 Å². The standard InChI is InChI=1S/C25H28N2O3S/c1-4-27(5-2)31(29,30)22-17-15-20(16-18-22)19(3)26-25(28)24-14-10-9-13-23(24)21-11-7-6-8-12-21/h6-19H,4-5H2,1-3H3,(H,26,28). The summed E-state index contributed by atoms with van der Waals surface area (Å²) in [6.45, 7) is 6.37. The van der Waals surface area contributed by atoms with E-state index in [-0.39, 0.29) is 16.8 Å². The van der Waals surface area contributed by atoms with Crippen molar-refractivity contribution in [1.82, 2.24) is 9.62 Å². The van der Waals surface area contributed by atoms with Gasteiger partial charge in [-0.05, 0) is 41.8 Å². The minimum Gasteiger partial charge on any atom is -0.345 e. The fraction of sp³-hybridized carbons (Fsp3) is 0.240. The van der Waals surface area contributed by atoms with Crippen LogP contribution in [-0.2, 0) is 10.0 Å². The van der Waals surface area contributed by atoms with Crippen LogP contribution in [-0.4, -0.2) is 31.7 Å². The molecule has 0 saturated heterocycles. The van der Waals surface area contributed by atoms with Crippen molar-refractivity contribution in [3.05, 3.63) is 90.0 Å². The summed E-state index contributed by atoms with van der Waals surface area (Å²) in [7, 11) is -3.50. The summed E-state index contributed by atoms with van der Waals surface area (Å²) in [5.74, 6) is -0.174. The lowest BCUT2D eigenvalue weighted by Crippen LogP contribution is -2.30. The molecule has 0 radical (unpaired) electrons. The van der Waals surface area contributed by atoms with Gasteiger partial charge in [0, 0.05) is 18.7 Å². The summed E-state index contributed by atoms with van der Waals surface area (Å²) < 4.78 is 26.8. The van der Waals surface area contributed by atoms with Crippen LogP contribution in [0.1, 0.15) is 42.7 Å². The highest BCUT2D eigenvalue weighted by Gasteiger charge is 2.22. The molecule has 5 nitrogen and oxygen atoms in total.